The van der Waals surface area contributed by atoms with Gasteiger partial charge in [0.05, 0.1) is 11.8 Å². The largest absolute Gasteiger partial charge is 0.506 e. The number of nitrogens with one attached hydrogen (secondary N) is 4. The number of aliphatic hydroxyl groups excluding tert-OH is 1. The summed E-state index contributed by atoms with van der Waals surface area (Å²) in [4.78, 5) is 54.2. The highest BCUT2D eigenvalue weighted by Crippen LogP contribution is 2.42. The number of carbonyl (C=O) groups is 4. The number of unbranched alkanes of at least 4 members (excludes halogenated alkanes) is 1. The molecule has 2 fully saturated rings. The molecule has 6 N–H and O–H groups in total. The van der Waals surface area contributed by atoms with Crippen LogP contribution in [0, 0.1) is 11.8 Å². The van der Waals surface area contributed by atoms with Gasteiger partial charge in [-0.25, -0.2) is 4.79 Å². The minimum Gasteiger partial charge on any atom is -0.506 e. The summed E-state index contributed by atoms with van der Waals surface area (Å²) in [6, 6.07) is 28.1. The number of anilines is 3. The third-order valence-corrected chi connectivity index (χ3v) is 11.6. The van der Waals surface area contributed by atoms with E-state index in [1.807, 2.05) is 85.9 Å². The normalized spacial score (nSPS) is 18.7. The van der Waals surface area contributed by atoms with Crippen molar-refractivity contribution < 1.29 is 38.9 Å². The van der Waals surface area contributed by atoms with Gasteiger partial charge in [-0.05, 0) is 79.0 Å². The van der Waals surface area contributed by atoms with Crippen LogP contribution in [0.5, 0.6) is 11.5 Å². The van der Waals surface area contributed by atoms with Gasteiger partial charge in [0.15, 0.2) is 12.4 Å². The number of aromatic hydroxyl groups is 1. The first-order chi connectivity index (χ1) is 29.1. The van der Waals surface area contributed by atoms with E-state index in [1.165, 1.54) is 6.07 Å². The topological polar surface area (TPSA) is 182 Å². The third kappa shape index (κ3) is 11.0. The summed E-state index contributed by atoms with van der Waals surface area (Å²) in [7, 11) is 1.82. The summed E-state index contributed by atoms with van der Waals surface area (Å²) in [6.07, 6.45) is 2.36. The van der Waals surface area contributed by atoms with Crippen LogP contribution in [0.15, 0.2) is 91.0 Å². The fourth-order valence-corrected chi connectivity index (χ4v) is 8.41. The molecule has 14 heteroatoms. The van der Waals surface area contributed by atoms with E-state index >= 15 is 0 Å². The zero-order chi connectivity index (χ0) is 42.0. The maximum atomic E-state index is 12.9. The second-order valence-electron chi connectivity index (χ2n) is 15.9. The van der Waals surface area contributed by atoms with Gasteiger partial charge in [0.2, 0.25) is 11.8 Å². The highest BCUT2D eigenvalue weighted by molar-refractivity contribution is 5.97. The van der Waals surface area contributed by atoms with Gasteiger partial charge in [-0.15, -0.1) is 0 Å². The van der Waals surface area contributed by atoms with Crippen molar-refractivity contribution in [2.24, 2.45) is 11.8 Å². The van der Waals surface area contributed by atoms with E-state index in [2.05, 4.69) is 26.2 Å². The Bertz CT molecular complexity index is 2120. The van der Waals surface area contributed by atoms with E-state index in [1.54, 1.807) is 11.0 Å². The Morgan fingerprint density at radius 1 is 0.917 bits per heavy atom. The molecule has 0 radical (unpaired) electrons. The highest BCUT2D eigenvalue weighted by atomic mass is 16.6. The Kier molecular flexibility index (Phi) is 14.0. The summed E-state index contributed by atoms with van der Waals surface area (Å²) >= 11 is 0. The molecule has 4 aromatic rings. The van der Waals surface area contributed by atoms with Gasteiger partial charge in [0, 0.05) is 76.0 Å². The lowest BCUT2D eigenvalue weighted by Gasteiger charge is -2.24. The van der Waals surface area contributed by atoms with Crippen LogP contribution >= 0.6 is 0 Å². The number of ether oxygens (including phenoxy) is 2. The number of rotatable bonds is 17. The Morgan fingerprint density at radius 2 is 1.65 bits per heavy atom. The molecule has 0 aromatic heterocycles. The van der Waals surface area contributed by atoms with Crippen LogP contribution in [-0.2, 0) is 25.7 Å². The van der Waals surface area contributed by atoms with Crippen molar-refractivity contribution in [3.63, 3.8) is 0 Å². The molecule has 14 nitrogen and oxygen atoms in total. The first-order valence-electron chi connectivity index (χ1n) is 20.7. The van der Waals surface area contributed by atoms with Crippen molar-refractivity contribution in [1.82, 2.24) is 15.1 Å². The van der Waals surface area contributed by atoms with Gasteiger partial charge in [0.25, 0.3) is 5.91 Å². The molecule has 1 saturated carbocycles. The number of amides is 4. The lowest BCUT2D eigenvalue weighted by molar-refractivity contribution is -0.130. The van der Waals surface area contributed by atoms with Crippen LogP contribution in [0.4, 0.5) is 21.9 Å². The molecule has 3 aliphatic rings. The van der Waals surface area contributed by atoms with Crippen molar-refractivity contribution in [3.8, 4) is 22.6 Å². The van der Waals surface area contributed by atoms with Crippen LogP contribution in [0.2, 0.25) is 0 Å². The molecule has 316 valence electrons. The van der Waals surface area contributed by atoms with E-state index in [9.17, 15) is 29.4 Å². The van der Waals surface area contributed by atoms with E-state index in [0.29, 0.717) is 62.0 Å². The molecular weight excluding hydrogens is 765 g/mol. The van der Waals surface area contributed by atoms with E-state index in [-0.39, 0.29) is 54.2 Å². The molecule has 4 atom stereocenters. The number of fused-ring (bicyclic) bond motifs is 2. The number of phenols is 1. The lowest BCUT2D eigenvalue weighted by atomic mass is 10.0. The van der Waals surface area contributed by atoms with E-state index in [0.717, 1.165) is 54.7 Å². The predicted octanol–water partition coefficient (Wildman–Crippen LogP) is 6.13. The van der Waals surface area contributed by atoms with Crippen molar-refractivity contribution in [2.45, 2.75) is 57.3 Å². The lowest BCUT2D eigenvalue weighted by Crippen LogP contribution is -2.33. The zero-order valence-corrected chi connectivity index (χ0v) is 33.9. The molecule has 1 aliphatic carbocycles. The number of hydrogen-bond acceptors (Lipinski definition) is 10. The summed E-state index contributed by atoms with van der Waals surface area (Å²) in [5, 5.41) is 32.5. The number of phenolic OH excluding ortho intramolecular Hbond substituents is 1. The number of carbonyl (C=O) groups excluding carboxylic acids is 4. The summed E-state index contributed by atoms with van der Waals surface area (Å²) in [6.45, 7) is 3.59. The van der Waals surface area contributed by atoms with Crippen LogP contribution in [0.3, 0.4) is 0 Å². The highest BCUT2D eigenvalue weighted by Gasteiger charge is 2.42. The van der Waals surface area contributed by atoms with E-state index < -0.39 is 12.2 Å². The standard InChI is InChI=1S/C46H54N6O8/c1-51(43(57)20-22-52-27-32-23-35(24-33(32)28-52)60-46(58)49-38-12-6-5-11-36(38)31-9-3-2-4-10-31)21-8-7-13-41(55)48-34-16-14-30(15-17-34)25-47-26-40(54)37-18-19-39(53)44-45(37)59-29-42(56)50-44/h2-6,9-12,14-19,32-33,35,40,47,53-54H,7-8,13,20-29H2,1H3,(H,48,55)(H,49,58)(H,50,56)/t32-,33+,35?,40-/m0/s1. The van der Waals surface area contributed by atoms with Crippen molar-refractivity contribution >= 4 is 40.9 Å². The molecule has 7 rings (SSSR count). The second kappa shape index (κ2) is 19.9. The first kappa shape index (κ1) is 42.2. The summed E-state index contributed by atoms with van der Waals surface area (Å²) in [5.74, 6) is 0.666. The van der Waals surface area contributed by atoms with Crippen LogP contribution in [0.1, 0.15) is 55.8 Å². The molecule has 0 spiro atoms. The van der Waals surface area contributed by atoms with Gasteiger partial charge in [-0.3, -0.25) is 19.7 Å². The van der Waals surface area contributed by atoms with Gasteiger partial charge in [-0.2, -0.15) is 0 Å². The molecular formula is C46H54N6O8. The van der Waals surface area contributed by atoms with Crippen LogP contribution in [0.25, 0.3) is 11.1 Å². The molecule has 60 heavy (non-hydrogen) atoms. The Morgan fingerprint density at radius 3 is 2.42 bits per heavy atom. The number of para-hydroxylation sites is 1. The van der Waals surface area contributed by atoms with Gasteiger partial charge >= 0.3 is 6.09 Å². The second-order valence-corrected chi connectivity index (χ2v) is 15.9. The fourth-order valence-electron chi connectivity index (χ4n) is 8.41. The number of aliphatic hydroxyl groups is 1. The van der Waals surface area contributed by atoms with Crippen LogP contribution in [-0.4, -0.2) is 96.3 Å². The van der Waals surface area contributed by atoms with Crippen molar-refractivity contribution in [3.05, 3.63) is 102 Å². The molecule has 1 saturated heterocycles. The smallest absolute Gasteiger partial charge is 0.411 e. The average molecular weight is 819 g/mol. The van der Waals surface area contributed by atoms with Crippen molar-refractivity contribution in [2.75, 3.05) is 62.3 Å². The van der Waals surface area contributed by atoms with Crippen molar-refractivity contribution in [1.29, 1.82) is 0 Å². The fraction of sp³-hybridized carbons (Fsp3) is 0.391. The number of benzene rings is 4. The monoisotopic (exact) mass is 818 g/mol. The van der Waals surface area contributed by atoms with Gasteiger partial charge < -0.3 is 45.4 Å². The molecule has 1 unspecified atom stereocenters. The first-order valence-corrected chi connectivity index (χ1v) is 20.7. The minimum absolute atomic E-state index is 0.0881. The molecule has 2 aliphatic heterocycles. The SMILES string of the molecule is CN(CCCCC(=O)Nc1ccc(CNC[C@H](O)c2ccc(O)c3c2OCC(=O)N3)cc1)C(=O)CCN1C[C@H]2CC(OC(=O)Nc3ccccc3-c3ccccc3)C[C@H]2C1. The third-order valence-electron chi connectivity index (χ3n) is 11.6. The summed E-state index contributed by atoms with van der Waals surface area (Å²) < 4.78 is 11.3. The molecule has 4 amide bonds. The quantitative estimate of drug-likeness (QED) is 0.0536. The zero-order valence-electron chi connectivity index (χ0n) is 33.9. The Hall–Kier alpha value is -5.96. The average Bonchev–Trinajstić information content (AvgIpc) is 3.81. The van der Waals surface area contributed by atoms with Gasteiger partial charge in [-0.1, -0.05) is 60.7 Å². The number of nitrogens with zero attached hydrogens (tertiary/aromatic N) is 2. The van der Waals surface area contributed by atoms with E-state index in [4.69, 9.17) is 9.47 Å². The Balaban J connectivity index is 0.734. The Labute approximate surface area is 350 Å². The minimum atomic E-state index is -0.934. The maximum absolute atomic E-state index is 12.9. The van der Waals surface area contributed by atoms with Crippen LogP contribution < -0.4 is 26.0 Å². The number of likely N-dealkylation sites (tertiary alicyclic amines) is 1. The molecule has 2 heterocycles. The molecule has 4 aromatic carbocycles. The summed E-state index contributed by atoms with van der Waals surface area (Å²) in [5.41, 5.74) is 4.96. The predicted molar refractivity (Wildman–Crippen MR) is 228 cm³/mol. The number of hydrogen-bond donors (Lipinski definition) is 6. The maximum Gasteiger partial charge on any atom is 0.411 e. The van der Waals surface area contributed by atoms with Gasteiger partial charge in [0.1, 0.15) is 17.5 Å². The molecule has 0 bridgehead atoms.